The number of fused-ring (bicyclic) bond motifs is 10. The van der Waals surface area contributed by atoms with E-state index in [1.54, 1.807) is 0 Å². The molecule has 4 heteroatoms. The Morgan fingerprint density at radius 1 is 0.294 bits per heavy atom. The lowest BCUT2D eigenvalue weighted by atomic mass is 9.89. The Bertz CT molecular complexity index is 4040. The molecule has 1 aromatic heterocycles. The minimum Gasteiger partial charge on any atom is -0.344 e. The van der Waals surface area contributed by atoms with E-state index in [0.717, 1.165) is 34.1 Å². The standard InChI is InChI=1S/C64H44N4/c1-65-59-33-15-28-53-63-52-37-35-46(68(57-31-13-22-43-18-5-9-26-49(43)57)58-32-14-23-44-19-6-10-27-50(44)58)39-61(52)66(2)62(63)40-54(64(53)59)51-36-34-45(38-60(51)65)67(55-29-11-20-41-16-3-7-24-47(41)55)56-30-12-21-42-17-4-8-25-48(42)56/h3-40H,1-2H3. The number of anilines is 8. The summed E-state index contributed by atoms with van der Waals surface area (Å²) >= 11 is 0. The molecular weight excluding hydrogens is 825 g/mol. The van der Waals surface area contributed by atoms with E-state index < -0.39 is 0 Å². The first-order chi connectivity index (χ1) is 33.6. The Labute approximate surface area is 394 Å². The summed E-state index contributed by atoms with van der Waals surface area (Å²) in [5.74, 6) is 0. The highest BCUT2D eigenvalue weighted by molar-refractivity contribution is 6.28. The lowest BCUT2D eigenvalue weighted by molar-refractivity contribution is 1.01. The normalized spacial score (nSPS) is 12.2. The monoisotopic (exact) mass is 868 g/mol. The lowest BCUT2D eigenvalue weighted by Gasteiger charge is -2.33. The van der Waals surface area contributed by atoms with Gasteiger partial charge in [-0.05, 0) is 93.2 Å². The fourth-order valence-electron chi connectivity index (χ4n) is 11.5. The van der Waals surface area contributed by atoms with Gasteiger partial charge in [0.1, 0.15) is 0 Å². The highest BCUT2D eigenvalue weighted by atomic mass is 15.2. The molecule has 0 unspecified atom stereocenters. The minimum absolute atomic E-state index is 1.11. The second-order valence-electron chi connectivity index (χ2n) is 18.2. The molecule has 13 aromatic rings. The number of nitrogens with zero attached hydrogens (tertiary/aromatic N) is 4. The number of aromatic nitrogens is 1. The molecule has 4 nitrogen and oxygen atoms in total. The maximum atomic E-state index is 2.46. The molecule has 0 amide bonds. The minimum atomic E-state index is 1.11. The second-order valence-corrected chi connectivity index (χ2v) is 18.2. The quantitative estimate of drug-likeness (QED) is 0.165. The smallest absolute Gasteiger partial charge is 0.0540 e. The van der Waals surface area contributed by atoms with Gasteiger partial charge in [0, 0.05) is 74.4 Å². The van der Waals surface area contributed by atoms with Gasteiger partial charge in [-0.3, -0.25) is 0 Å². The third-order valence-corrected chi connectivity index (χ3v) is 14.6. The first kappa shape index (κ1) is 38.4. The summed E-state index contributed by atoms with van der Waals surface area (Å²) < 4.78 is 2.41. The molecule has 0 spiro atoms. The predicted molar refractivity (Wildman–Crippen MR) is 291 cm³/mol. The summed E-state index contributed by atoms with van der Waals surface area (Å²) in [6, 6.07) is 84.9. The first-order valence-corrected chi connectivity index (χ1v) is 23.5. The molecule has 0 fully saturated rings. The highest BCUT2D eigenvalue weighted by Crippen LogP contribution is 2.53. The van der Waals surface area contributed by atoms with E-state index in [4.69, 9.17) is 0 Å². The Kier molecular flexibility index (Phi) is 8.38. The lowest BCUT2D eigenvalue weighted by Crippen LogP contribution is -2.17. The van der Waals surface area contributed by atoms with Crippen LogP contribution in [0.5, 0.6) is 0 Å². The molecule has 14 rings (SSSR count). The van der Waals surface area contributed by atoms with Crippen molar-refractivity contribution in [2.45, 2.75) is 0 Å². The van der Waals surface area contributed by atoms with Crippen molar-refractivity contribution in [3.05, 3.63) is 231 Å². The predicted octanol–water partition coefficient (Wildman–Crippen LogP) is 17.8. The van der Waals surface area contributed by atoms with Crippen LogP contribution in [0.4, 0.5) is 45.5 Å². The highest BCUT2D eigenvalue weighted by Gasteiger charge is 2.28. The number of aryl methyl sites for hydroxylation is 1. The van der Waals surface area contributed by atoms with Crippen molar-refractivity contribution in [2.75, 3.05) is 21.7 Å². The van der Waals surface area contributed by atoms with Gasteiger partial charge in [-0.15, -0.1) is 0 Å². The number of rotatable bonds is 6. The number of hydrogen-bond donors (Lipinski definition) is 0. The van der Waals surface area contributed by atoms with Gasteiger partial charge in [0.15, 0.2) is 0 Å². The van der Waals surface area contributed by atoms with Gasteiger partial charge in [-0.2, -0.15) is 0 Å². The molecule has 2 heterocycles. The maximum Gasteiger partial charge on any atom is 0.0540 e. The van der Waals surface area contributed by atoms with E-state index in [2.05, 4.69) is 264 Å². The van der Waals surface area contributed by atoms with Crippen LogP contribution in [0.2, 0.25) is 0 Å². The molecule has 1 aliphatic heterocycles. The zero-order chi connectivity index (χ0) is 45.0. The third-order valence-electron chi connectivity index (χ3n) is 14.6. The van der Waals surface area contributed by atoms with Crippen LogP contribution >= 0.6 is 0 Å². The summed E-state index contributed by atoms with van der Waals surface area (Å²) in [6.45, 7) is 0. The molecular formula is C64H44N4. The fourth-order valence-corrected chi connectivity index (χ4v) is 11.5. The third kappa shape index (κ3) is 5.61. The van der Waals surface area contributed by atoms with Crippen LogP contribution in [0, 0.1) is 0 Å². The molecule has 0 radical (unpaired) electrons. The van der Waals surface area contributed by atoms with Crippen molar-refractivity contribution < 1.29 is 0 Å². The van der Waals surface area contributed by atoms with E-state index in [-0.39, 0.29) is 0 Å². The summed E-state index contributed by atoms with van der Waals surface area (Å²) in [5.41, 5.74) is 14.1. The Morgan fingerprint density at radius 2 is 0.721 bits per heavy atom. The molecule has 0 saturated carbocycles. The van der Waals surface area contributed by atoms with E-state index in [1.165, 1.54) is 98.2 Å². The van der Waals surface area contributed by atoms with Gasteiger partial charge in [0.05, 0.1) is 39.5 Å². The van der Waals surface area contributed by atoms with Gasteiger partial charge in [-0.25, -0.2) is 0 Å². The van der Waals surface area contributed by atoms with Crippen LogP contribution in [0.1, 0.15) is 0 Å². The molecule has 0 saturated heterocycles. The number of benzene rings is 12. The summed E-state index contributed by atoms with van der Waals surface area (Å²) in [7, 11) is 4.47. The zero-order valence-electron chi connectivity index (χ0n) is 37.7. The van der Waals surface area contributed by atoms with E-state index >= 15 is 0 Å². The molecule has 0 atom stereocenters. The molecule has 320 valence electrons. The van der Waals surface area contributed by atoms with Crippen LogP contribution in [0.3, 0.4) is 0 Å². The van der Waals surface area contributed by atoms with Crippen molar-refractivity contribution in [2.24, 2.45) is 7.05 Å². The SMILES string of the molecule is CN1c2cc(N(c3cccc4ccccc34)c3cccc4ccccc34)ccc2-c2cc3c(c4cccc1c24)c1ccc(N(c2cccc4ccccc24)c2cccc4ccccc24)cc1n3C. The van der Waals surface area contributed by atoms with Crippen molar-refractivity contribution >= 4 is 121 Å². The summed E-state index contributed by atoms with van der Waals surface area (Å²) in [4.78, 5) is 7.32. The van der Waals surface area contributed by atoms with Gasteiger partial charge in [0.2, 0.25) is 0 Å². The Morgan fingerprint density at radius 3 is 1.24 bits per heavy atom. The Balaban J connectivity index is 0.975. The van der Waals surface area contributed by atoms with Crippen molar-refractivity contribution in [3.8, 4) is 11.1 Å². The van der Waals surface area contributed by atoms with Gasteiger partial charge >= 0.3 is 0 Å². The van der Waals surface area contributed by atoms with Crippen LogP contribution in [0.25, 0.3) is 86.8 Å². The second kappa shape index (κ2) is 14.8. The van der Waals surface area contributed by atoms with Crippen LogP contribution < -0.4 is 14.7 Å². The van der Waals surface area contributed by atoms with Crippen LogP contribution in [-0.2, 0) is 7.05 Å². The Hall–Kier alpha value is -8.86. The largest absolute Gasteiger partial charge is 0.344 e. The molecule has 12 aromatic carbocycles. The van der Waals surface area contributed by atoms with E-state index in [0.29, 0.717) is 0 Å². The van der Waals surface area contributed by atoms with Crippen molar-refractivity contribution in [1.29, 1.82) is 0 Å². The topological polar surface area (TPSA) is 14.7 Å². The summed E-state index contributed by atoms with van der Waals surface area (Å²) in [5, 5.41) is 14.8. The van der Waals surface area contributed by atoms with E-state index in [9.17, 15) is 0 Å². The zero-order valence-corrected chi connectivity index (χ0v) is 37.7. The van der Waals surface area contributed by atoms with Gasteiger partial charge in [-0.1, -0.05) is 170 Å². The van der Waals surface area contributed by atoms with E-state index in [1.807, 2.05) is 0 Å². The molecule has 0 bridgehead atoms. The first-order valence-electron chi connectivity index (χ1n) is 23.5. The van der Waals surface area contributed by atoms with Gasteiger partial charge in [0.25, 0.3) is 0 Å². The van der Waals surface area contributed by atoms with Crippen molar-refractivity contribution in [3.63, 3.8) is 0 Å². The van der Waals surface area contributed by atoms with Gasteiger partial charge < -0.3 is 19.3 Å². The molecule has 0 aliphatic carbocycles. The fraction of sp³-hybridized carbons (Fsp3) is 0.0312. The van der Waals surface area contributed by atoms with Crippen LogP contribution in [-0.4, -0.2) is 11.6 Å². The molecule has 1 aliphatic rings. The molecule has 68 heavy (non-hydrogen) atoms. The number of hydrogen-bond acceptors (Lipinski definition) is 3. The van der Waals surface area contributed by atoms with Crippen LogP contribution in [0.15, 0.2) is 231 Å². The maximum absolute atomic E-state index is 2.46. The molecule has 0 N–H and O–H groups in total. The summed E-state index contributed by atoms with van der Waals surface area (Å²) in [6.07, 6.45) is 0. The average molecular weight is 869 g/mol. The van der Waals surface area contributed by atoms with Crippen molar-refractivity contribution in [1.82, 2.24) is 4.57 Å². The average Bonchev–Trinajstić information content (AvgIpc) is 3.68.